The van der Waals surface area contributed by atoms with E-state index in [0.717, 1.165) is 43.7 Å². The van der Waals surface area contributed by atoms with Gasteiger partial charge in [-0.15, -0.1) is 11.3 Å². The lowest BCUT2D eigenvalue weighted by molar-refractivity contribution is -0.384. The lowest BCUT2D eigenvalue weighted by atomic mass is 10.0. The van der Waals surface area contributed by atoms with Gasteiger partial charge in [-0.1, -0.05) is 12.1 Å². The first-order valence-electron chi connectivity index (χ1n) is 8.19. The summed E-state index contributed by atoms with van der Waals surface area (Å²) in [6.45, 7) is 4.40. The number of nitrogens with one attached hydrogen (secondary N) is 1. The minimum Gasteiger partial charge on any atom is -0.348 e. The van der Waals surface area contributed by atoms with Gasteiger partial charge in [-0.3, -0.25) is 19.8 Å². The van der Waals surface area contributed by atoms with Crippen LogP contribution < -0.4 is 5.32 Å². The number of carbonyl (C=O) groups is 1. The highest BCUT2D eigenvalue weighted by Crippen LogP contribution is 2.18. The number of likely N-dealkylation sites (tertiary alicyclic amines) is 1. The normalized spacial score (nSPS) is 15.9. The van der Waals surface area contributed by atoms with Crippen molar-refractivity contribution < 1.29 is 9.72 Å². The summed E-state index contributed by atoms with van der Waals surface area (Å²) in [4.78, 5) is 29.7. The van der Waals surface area contributed by atoms with Crippen molar-refractivity contribution in [2.24, 2.45) is 0 Å². The predicted octanol–water partition coefficient (Wildman–Crippen LogP) is 2.75. The molecule has 0 saturated carbocycles. The van der Waals surface area contributed by atoms with Crippen LogP contribution in [0.1, 0.15) is 33.8 Å². The number of benzene rings is 1. The minimum atomic E-state index is -0.386. The molecule has 1 saturated heterocycles. The second-order valence-electron chi connectivity index (χ2n) is 6.21. The number of piperidine rings is 1. The molecule has 132 valence electrons. The third kappa shape index (κ3) is 4.40. The number of nitro benzene ring substituents is 1. The number of thiazole rings is 1. The molecule has 0 bridgehead atoms. The zero-order valence-electron chi connectivity index (χ0n) is 14.0. The molecule has 0 unspecified atom stereocenters. The van der Waals surface area contributed by atoms with Crippen LogP contribution in [0, 0.1) is 17.0 Å². The second-order valence-corrected chi connectivity index (χ2v) is 7.07. The van der Waals surface area contributed by atoms with Crippen molar-refractivity contribution >= 4 is 22.9 Å². The van der Waals surface area contributed by atoms with Crippen LogP contribution >= 0.6 is 11.3 Å². The van der Waals surface area contributed by atoms with Gasteiger partial charge in [0.1, 0.15) is 4.88 Å². The van der Waals surface area contributed by atoms with E-state index in [4.69, 9.17) is 0 Å². The summed E-state index contributed by atoms with van der Waals surface area (Å²) in [5.41, 5.74) is 3.65. The van der Waals surface area contributed by atoms with E-state index in [1.807, 2.05) is 6.92 Å². The van der Waals surface area contributed by atoms with Gasteiger partial charge in [0.25, 0.3) is 11.6 Å². The van der Waals surface area contributed by atoms with E-state index in [1.54, 1.807) is 29.8 Å². The van der Waals surface area contributed by atoms with Crippen molar-refractivity contribution in [3.63, 3.8) is 0 Å². The molecule has 1 N–H and O–H groups in total. The van der Waals surface area contributed by atoms with Gasteiger partial charge in [0.05, 0.1) is 16.1 Å². The van der Waals surface area contributed by atoms with E-state index in [-0.39, 0.29) is 22.6 Å². The van der Waals surface area contributed by atoms with Crippen LogP contribution in [-0.4, -0.2) is 39.8 Å². The van der Waals surface area contributed by atoms with Gasteiger partial charge in [-0.05, 0) is 25.3 Å². The molecule has 0 atom stereocenters. The SMILES string of the molecule is Cc1ncsc1C(=O)NC1CCN(Cc2ccc([N+](=O)[O-])cc2)CC1. The van der Waals surface area contributed by atoms with Crippen LogP contribution in [-0.2, 0) is 6.54 Å². The number of amides is 1. The summed E-state index contributed by atoms with van der Waals surface area (Å²) in [6, 6.07) is 6.87. The average Bonchev–Trinajstić information content (AvgIpc) is 3.03. The van der Waals surface area contributed by atoms with Crippen molar-refractivity contribution in [1.29, 1.82) is 0 Å². The van der Waals surface area contributed by atoms with Crippen molar-refractivity contribution in [3.05, 3.63) is 56.0 Å². The van der Waals surface area contributed by atoms with Crippen LogP contribution in [0.15, 0.2) is 29.8 Å². The Balaban J connectivity index is 1.48. The van der Waals surface area contributed by atoms with Crippen LogP contribution in [0.25, 0.3) is 0 Å². The number of rotatable bonds is 5. The summed E-state index contributed by atoms with van der Waals surface area (Å²) in [5, 5.41) is 13.8. The molecule has 1 aliphatic rings. The Morgan fingerprint density at radius 2 is 2.04 bits per heavy atom. The number of nitrogens with zero attached hydrogens (tertiary/aromatic N) is 3. The second kappa shape index (κ2) is 7.71. The Bertz CT molecular complexity index is 752. The highest BCUT2D eigenvalue weighted by atomic mass is 32.1. The standard InChI is InChI=1S/C17H20N4O3S/c1-12-16(25-11-18-12)17(22)19-14-6-8-20(9-7-14)10-13-2-4-15(5-3-13)21(23)24/h2-5,11,14H,6-10H2,1H3,(H,19,22). The summed E-state index contributed by atoms with van der Waals surface area (Å²) in [6.07, 6.45) is 1.80. The van der Waals surface area contributed by atoms with Crippen LogP contribution in [0.3, 0.4) is 0 Å². The largest absolute Gasteiger partial charge is 0.348 e. The molecule has 2 aromatic rings. The minimum absolute atomic E-state index is 0.0335. The molecule has 0 aliphatic carbocycles. The monoisotopic (exact) mass is 360 g/mol. The first-order chi connectivity index (χ1) is 12.0. The number of carbonyl (C=O) groups excluding carboxylic acids is 1. The number of hydrogen-bond donors (Lipinski definition) is 1. The third-order valence-electron chi connectivity index (χ3n) is 4.43. The van der Waals surface area contributed by atoms with Gasteiger partial charge in [0.15, 0.2) is 0 Å². The van der Waals surface area contributed by atoms with Crippen molar-refractivity contribution in [2.45, 2.75) is 32.4 Å². The molecule has 7 nitrogen and oxygen atoms in total. The summed E-state index contributed by atoms with van der Waals surface area (Å²) >= 11 is 1.37. The maximum Gasteiger partial charge on any atom is 0.269 e. The highest BCUT2D eigenvalue weighted by Gasteiger charge is 2.22. The zero-order chi connectivity index (χ0) is 17.8. The molecule has 2 heterocycles. The molecular weight excluding hydrogens is 340 g/mol. The summed E-state index contributed by atoms with van der Waals surface area (Å²) in [5.74, 6) is -0.0335. The van der Waals surface area contributed by atoms with Crippen molar-refractivity contribution in [3.8, 4) is 0 Å². The number of nitro groups is 1. The van der Waals surface area contributed by atoms with E-state index in [2.05, 4.69) is 15.2 Å². The molecule has 1 fully saturated rings. The van der Waals surface area contributed by atoms with Crippen LogP contribution in [0.2, 0.25) is 0 Å². The summed E-state index contributed by atoms with van der Waals surface area (Å²) in [7, 11) is 0. The smallest absolute Gasteiger partial charge is 0.269 e. The maximum absolute atomic E-state index is 12.2. The Kier molecular flexibility index (Phi) is 5.40. The Labute approximate surface area is 149 Å². The van der Waals surface area contributed by atoms with Crippen molar-refractivity contribution in [1.82, 2.24) is 15.2 Å². The highest BCUT2D eigenvalue weighted by molar-refractivity contribution is 7.11. The number of hydrogen-bond acceptors (Lipinski definition) is 6. The summed E-state index contributed by atoms with van der Waals surface area (Å²) < 4.78 is 0. The van der Waals surface area contributed by atoms with Gasteiger partial charge in [-0.25, -0.2) is 4.98 Å². The Morgan fingerprint density at radius 1 is 1.36 bits per heavy atom. The molecule has 1 aromatic heterocycles. The molecule has 1 aliphatic heterocycles. The average molecular weight is 360 g/mol. The topological polar surface area (TPSA) is 88.4 Å². The fraction of sp³-hybridized carbons (Fsp3) is 0.412. The predicted molar refractivity (Wildman–Crippen MR) is 95.7 cm³/mol. The lowest BCUT2D eigenvalue weighted by Gasteiger charge is -2.32. The van der Waals surface area contributed by atoms with E-state index in [0.29, 0.717) is 4.88 Å². The quantitative estimate of drug-likeness (QED) is 0.654. The first kappa shape index (κ1) is 17.5. The number of aromatic nitrogens is 1. The molecule has 0 radical (unpaired) electrons. The Morgan fingerprint density at radius 3 is 2.60 bits per heavy atom. The fourth-order valence-electron chi connectivity index (χ4n) is 2.99. The fourth-order valence-corrected chi connectivity index (χ4v) is 3.69. The van der Waals surface area contributed by atoms with E-state index >= 15 is 0 Å². The first-order valence-corrected chi connectivity index (χ1v) is 9.07. The molecule has 8 heteroatoms. The third-order valence-corrected chi connectivity index (χ3v) is 5.36. The van der Waals surface area contributed by atoms with E-state index < -0.39 is 0 Å². The van der Waals surface area contributed by atoms with Crippen molar-refractivity contribution in [2.75, 3.05) is 13.1 Å². The van der Waals surface area contributed by atoms with Gasteiger partial charge in [-0.2, -0.15) is 0 Å². The number of non-ortho nitro benzene ring substituents is 1. The molecule has 0 spiro atoms. The molecule has 1 aromatic carbocycles. The van der Waals surface area contributed by atoms with Gasteiger partial charge < -0.3 is 5.32 Å². The molecule has 25 heavy (non-hydrogen) atoms. The van der Waals surface area contributed by atoms with E-state index in [1.165, 1.54) is 11.3 Å². The van der Waals surface area contributed by atoms with E-state index in [9.17, 15) is 14.9 Å². The van der Waals surface area contributed by atoms with Gasteiger partial charge in [0, 0.05) is 37.8 Å². The lowest BCUT2D eigenvalue weighted by Crippen LogP contribution is -2.44. The van der Waals surface area contributed by atoms with Crippen LogP contribution in [0.4, 0.5) is 5.69 Å². The van der Waals surface area contributed by atoms with Gasteiger partial charge in [0.2, 0.25) is 0 Å². The Hall–Kier alpha value is -2.32. The zero-order valence-corrected chi connectivity index (χ0v) is 14.8. The van der Waals surface area contributed by atoms with Crippen LogP contribution in [0.5, 0.6) is 0 Å². The maximum atomic E-state index is 12.2. The molecular formula is C17H20N4O3S. The molecule has 1 amide bonds. The number of aryl methyl sites for hydroxylation is 1. The molecule has 3 rings (SSSR count). The van der Waals surface area contributed by atoms with Gasteiger partial charge >= 0.3 is 0 Å².